The summed E-state index contributed by atoms with van der Waals surface area (Å²) in [6.07, 6.45) is 0. The van der Waals surface area contributed by atoms with Crippen LogP contribution in [0.4, 0.5) is 0 Å². The van der Waals surface area contributed by atoms with Crippen molar-refractivity contribution < 1.29 is 4.74 Å². The van der Waals surface area contributed by atoms with E-state index >= 15 is 0 Å². The molecule has 8 heteroatoms. The molecular weight excluding hydrogens is 413 g/mol. The summed E-state index contributed by atoms with van der Waals surface area (Å²) in [6.45, 7) is 0.331. The molecule has 4 rings (SSSR count). The summed E-state index contributed by atoms with van der Waals surface area (Å²) in [5.74, 6) is 0. The standard InChI is InChI=1S/C21H17Cl2N3O3/c1-25-18(12-29-11-13-6-2-3-7-14(13)22)20-16(10-19(25)27)24-26(21(20)28)17-9-5-4-8-15(17)23/h2-10,24H,11-12H2,1H3. The highest BCUT2D eigenvalue weighted by Crippen LogP contribution is 2.21. The van der Waals surface area contributed by atoms with Crippen molar-refractivity contribution in [2.45, 2.75) is 13.2 Å². The van der Waals surface area contributed by atoms with Crippen LogP contribution in [-0.2, 0) is 25.0 Å². The number of H-pyrrole nitrogens is 1. The highest BCUT2D eigenvalue weighted by atomic mass is 35.5. The van der Waals surface area contributed by atoms with Crippen molar-refractivity contribution in [3.63, 3.8) is 0 Å². The number of ether oxygens (including phenoxy) is 1. The summed E-state index contributed by atoms with van der Waals surface area (Å²) in [6, 6.07) is 15.7. The molecule has 0 aliphatic carbocycles. The molecule has 0 unspecified atom stereocenters. The van der Waals surface area contributed by atoms with Crippen molar-refractivity contribution in [3.8, 4) is 5.69 Å². The number of hydrogen-bond acceptors (Lipinski definition) is 3. The number of pyridine rings is 1. The van der Waals surface area contributed by atoms with E-state index in [0.717, 1.165) is 5.56 Å². The highest BCUT2D eigenvalue weighted by Gasteiger charge is 2.17. The van der Waals surface area contributed by atoms with Crippen LogP contribution in [0.5, 0.6) is 0 Å². The molecule has 2 aromatic carbocycles. The molecule has 0 saturated carbocycles. The van der Waals surface area contributed by atoms with E-state index in [0.29, 0.717) is 32.3 Å². The largest absolute Gasteiger partial charge is 0.370 e. The second-order valence-corrected chi connectivity index (χ2v) is 7.38. The minimum Gasteiger partial charge on any atom is -0.370 e. The Labute approximate surface area is 175 Å². The number of rotatable bonds is 5. The van der Waals surface area contributed by atoms with E-state index in [-0.39, 0.29) is 24.3 Å². The molecule has 2 aromatic heterocycles. The molecule has 0 fully saturated rings. The second-order valence-electron chi connectivity index (χ2n) is 6.56. The van der Waals surface area contributed by atoms with Crippen molar-refractivity contribution >= 4 is 34.1 Å². The van der Waals surface area contributed by atoms with Gasteiger partial charge in [0.15, 0.2) is 0 Å². The third-order valence-corrected chi connectivity index (χ3v) is 5.45. The van der Waals surface area contributed by atoms with Crippen LogP contribution >= 0.6 is 23.2 Å². The van der Waals surface area contributed by atoms with Gasteiger partial charge in [0.05, 0.1) is 40.5 Å². The Morgan fingerprint density at radius 3 is 2.38 bits per heavy atom. The lowest BCUT2D eigenvalue weighted by Gasteiger charge is -2.10. The number of halogens is 2. The number of nitrogens with zero attached hydrogens (tertiary/aromatic N) is 2. The van der Waals surface area contributed by atoms with Crippen LogP contribution < -0.4 is 11.1 Å². The summed E-state index contributed by atoms with van der Waals surface area (Å²) in [5, 5.41) is 4.38. The van der Waals surface area contributed by atoms with E-state index in [2.05, 4.69) is 5.10 Å². The fraction of sp³-hybridized carbons (Fsp3) is 0.143. The van der Waals surface area contributed by atoms with Crippen molar-refractivity contribution in [3.05, 3.63) is 96.6 Å². The van der Waals surface area contributed by atoms with Gasteiger partial charge in [0, 0.05) is 18.1 Å². The van der Waals surface area contributed by atoms with Crippen molar-refractivity contribution in [1.82, 2.24) is 14.3 Å². The molecule has 0 amide bonds. The molecule has 0 aliphatic rings. The van der Waals surface area contributed by atoms with Gasteiger partial charge in [0.1, 0.15) is 0 Å². The fourth-order valence-electron chi connectivity index (χ4n) is 3.20. The number of benzene rings is 2. The molecular formula is C21H17Cl2N3O3. The molecule has 0 radical (unpaired) electrons. The maximum atomic E-state index is 13.1. The smallest absolute Gasteiger partial charge is 0.281 e. The predicted octanol–water partition coefficient (Wildman–Crippen LogP) is 4.04. The van der Waals surface area contributed by atoms with Crippen LogP contribution in [0.3, 0.4) is 0 Å². The lowest BCUT2D eigenvalue weighted by molar-refractivity contribution is 0.103. The second kappa shape index (κ2) is 7.91. The van der Waals surface area contributed by atoms with Crippen LogP contribution in [0.1, 0.15) is 11.3 Å². The van der Waals surface area contributed by atoms with Crippen LogP contribution in [0.15, 0.2) is 64.2 Å². The summed E-state index contributed by atoms with van der Waals surface area (Å²) < 4.78 is 8.55. The first-order chi connectivity index (χ1) is 14.0. The Hall–Kier alpha value is -2.80. The minimum atomic E-state index is -0.306. The zero-order chi connectivity index (χ0) is 20.5. The van der Waals surface area contributed by atoms with Gasteiger partial charge < -0.3 is 9.30 Å². The number of hydrogen-bond donors (Lipinski definition) is 1. The SMILES string of the molecule is Cn1c(COCc2ccccc2Cl)c2c(=O)n(-c3ccccc3Cl)[nH]c2cc1=O. The molecule has 6 nitrogen and oxygen atoms in total. The first-order valence-corrected chi connectivity index (χ1v) is 9.62. The Morgan fingerprint density at radius 2 is 1.66 bits per heavy atom. The molecule has 0 atom stereocenters. The number of fused-ring (bicyclic) bond motifs is 1. The first-order valence-electron chi connectivity index (χ1n) is 8.87. The summed E-state index contributed by atoms with van der Waals surface area (Å²) in [7, 11) is 1.61. The third-order valence-electron chi connectivity index (χ3n) is 4.76. The first kappa shape index (κ1) is 19.5. The Bertz CT molecular complexity index is 1320. The van der Waals surface area contributed by atoms with Gasteiger partial charge in [-0.1, -0.05) is 53.5 Å². The predicted molar refractivity (Wildman–Crippen MR) is 114 cm³/mol. The summed E-state index contributed by atoms with van der Waals surface area (Å²) in [4.78, 5) is 25.5. The molecule has 0 saturated heterocycles. The number of aromatic nitrogens is 3. The van der Waals surface area contributed by atoms with Gasteiger partial charge in [-0.25, -0.2) is 4.68 Å². The molecule has 2 heterocycles. The van der Waals surface area contributed by atoms with Gasteiger partial charge in [-0.2, -0.15) is 0 Å². The quantitative estimate of drug-likeness (QED) is 0.520. The van der Waals surface area contributed by atoms with Gasteiger partial charge in [-0.15, -0.1) is 0 Å². The number of aromatic amines is 1. The highest BCUT2D eigenvalue weighted by molar-refractivity contribution is 6.32. The van der Waals surface area contributed by atoms with E-state index in [1.54, 1.807) is 37.4 Å². The summed E-state index contributed by atoms with van der Waals surface area (Å²) >= 11 is 12.4. The zero-order valence-corrected chi connectivity index (χ0v) is 17.0. The van der Waals surface area contributed by atoms with E-state index in [9.17, 15) is 9.59 Å². The van der Waals surface area contributed by atoms with E-state index in [1.165, 1.54) is 15.3 Å². The van der Waals surface area contributed by atoms with Gasteiger partial charge in [0.2, 0.25) is 0 Å². The van der Waals surface area contributed by atoms with Gasteiger partial charge in [-0.3, -0.25) is 14.7 Å². The van der Waals surface area contributed by atoms with Gasteiger partial charge in [-0.05, 0) is 23.8 Å². The van der Waals surface area contributed by atoms with Crippen LogP contribution in [-0.4, -0.2) is 14.3 Å². The maximum absolute atomic E-state index is 13.1. The monoisotopic (exact) mass is 429 g/mol. The van der Waals surface area contributed by atoms with Gasteiger partial charge in [0.25, 0.3) is 11.1 Å². The third kappa shape index (κ3) is 3.62. The molecule has 1 N–H and O–H groups in total. The maximum Gasteiger partial charge on any atom is 0.281 e. The lowest BCUT2D eigenvalue weighted by Crippen LogP contribution is -2.22. The average molecular weight is 430 g/mol. The molecule has 148 valence electrons. The molecule has 0 bridgehead atoms. The number of nitrogens with one attached hydrogen (secondary N) is 1. The molecule has 29 heavy (non-hydrogen) atoms. The van der Waals surface area contributed by atoms with Crippen LogP contribution in [0, 0.1) is 0 Å². The van der Waals surface area contributed by atoms with E-state index in [4.69, 9.17) is 27.9 Å². The van der Waals surface area contributed by atoms with Crippen molar-refractivity contribution in [2.75, 3.05) is 0 Å². The fourth-order valence-corrected chi connectivity index (χ4v) is 3.61. The zero-order valence-electron chi connectivity index (χ0n) is 15.5. The topological polar surface area (TPSA) is 69.0 Å². The average Bonchev–Trinajstić information content (AvgIpc) is 3.02. The Kier molecular flexibility index (Phi) is 5.32. The molecule has 0 aliphatic heterocycles. The van der Waals surface area contributed by atoms with Gasteiger partial charge >= 0.3 is 0 Å². The van der Waals surface area contributed by atoms with Crippen LogP contribution in [0.2, 0.25) is 10.0 Å². The normalized spacial score (nSPS) is 11.3. The van der Waals surface area contributed by atoms with E-state index < -0.39 is 0 Å². The van der Waals surface area contributed by atoms with Crippen molar-refractivity contribution in [2.24, 2.45) is 7.05 Å². The molecule has 4 aromatic rings. The lowest BCUT2D eigenvalue weighted by atomic mass is 10.2. The number of para-hydroxylation sites is 1. The Balaban J connectivity index is 1.76. The Morgan fingerprint density at radius 1 is 0.966 bits per heavy atom. The van der Waals surface area contributed by atoms with E-state index in [1.807, 2.05) is 18.2 Å². The van der Waals surface area contributed by atoms with Crippen LogP contribution in [0.25, 0.3) is 16.6 Å². The van der Waals surface area contributed by atoms with Crippen molar-refractivity contribution in [1.29, 1.82) is 0 Å². The summed E-state index contributed by atoms with van der Waals surface area (Å²) in [5.41, 5.74) is 1.68. The molecule has 0 spiro atoms. The minimum absolute atomic E-state index is 0.0733.